The van der Waals surface area contributed by atoms with Gasteiger partial charge in [-0.3, -0.25) is 19.7 Å². The Morgan fingerprint density at radius 2 is 1.68 bits per heavy atom. The lowest BCUT2D eigenvalue weighted by molar-refractivity contribution is -0.384. The van der Waals surface area contributed by atoms with E-state index in [9.17, 15) is 19.7 Å². The van der Waals surface area contributed by atoms with Crippen LogP contribution in [0, 0.1) is 10.1 Å². The zero-order chi connectivity index (χ0) is 18.4. The maximum atomic E-state index is 12.2. The highest BCUT2D eigenvalue weighted by Gasteiger charge is 2.15. The van der Waals surface area contributed by atoms with E-state index in [1.54, 1.807) is 50.4 Å². The maximum Gasteiger partial charge on any atom is 0.269 e. The van der Waals surface area contributed by atoms with Crippen molar-refractivity contribution in [1.29, 1.82) is 0 Å². The molecule has 7 nitrogen and oxygen atoms in total. The van der Waals surface area contributed by atoms with E-state index in [1.807, 2.05) is 0 Å². The standard InChI is InChI=1S/C17H17N3O4S/c1-11(25-15-9-7-14(8-10-15)20(23)24)16(21)19-13-5-3-12(4-6-13)17(22)18-2/h3-11H,1-2H3,(H,18,22)(H,19,21). The highest BCUT2D eigenvalue weighted by molar-refractivity contribution is 8.00. The van der Waals surface area contributed by atoms with Crippen LogP contribution in [-0.4, -0.2) is 29.0 Å². The number of rotatable bonds is 6. The van der Waals surface area contributed by atoms with Gasteiger partial charge in [0, 0.05) is 35.3 Å². The van der Waals surface area contributed by atoms with E-state index in [4.69, 9.17) is 0 Å². The van der Waals surface area contributed by atoms with Crippen LogP contribution in [0.3, 0.4) is 0 Å². The van der Waals surface area contributed by atoms with Gasteiger partial charge in [0.25, 0.3) is 11.6 Å². The Bertz CT molecular complexity index is 775. The van der Waals surface area contributed by atoms with Crippen LogP contribution >= 0.6 is 11.8 Å². The highest BCUT2D eigenvalue weighted by atomic mass is 32.2. The number of benzene rings is 2. The molecule has 0 fully saturated rings. The van der Waals surface area contributed by atoms with Gasteiger partial charge in [0.2, 0.25) is 5.91 Å². The summed E-state index contributed by atoms with van der Waals surface area (Å²) in [6.07, 6.45) is 0. The first-order valence-corrected chi connectivity index (χ1v) is 8.33. The third kappa shape index (κ3) is 5.05. The number of non-ortho nitro benzene ring substituents is 1. The fourth-order valence-electron chi connectivity index (χ4n) is 2.00. The lowest BCUT2D eigenvalue weighted by Crippen LogP contribution is -2.22. The van der Waals surface area contributed by atoms with Crippen LogP contribution in [0.5, 0.6) is 0 Å². The Morgan fingerprint density at radius 1 is 1.08 bits per heavy atom. The van der Waals surface area contributed by atoms with Crippen LogP contribution in [0.2, 0.25) is 0 Å². The first kappa shape index (κ1) is 18.5. The largest absolute Gasteiger partial charge is 0.355 e. The summed E-state index contributed by atoms with van der Waals surface area (Å²) in [7, 11) is 1.55. The molecule has 0 saturated heterocycles. The van der Waals surface area contributed by atoms with Gasteiger partial charge in [-0.15, -0.1) is 11.8 Å². The molecular formula is C17H17N3O4S. The van der Waals surface area contributed by atoms with Crippen molar-refractivity contribution in [3.8, 4) is 0 Å². The quantitative estimate of drug-likeness (QED) is 0.469. The molecule has 0 heterocycles. The van der Waals surface area contributed by atoms with Gasteiger partial charge in [0.05, 0.1) is 10.2 Å². The van der Waals surface area contributed by atoms with E-state index in [-0.39, 0.29) is 22.8 Å². The number of carbonyl (C=O) groups excluding carboxylic acids is 2. The number of nitrogens with zero attached hydrogens (tertiary/aromatic N) is 1. The summed E-state index contributed by atoms with van der Waals surface area (Å²) in [4.78, 5) is 34.7. The molecule has 130 valence electrons. The van der Waals surface area contributed by atoms with Gasteiger partial charge in [0.15, 0.2) is 0 Å². The van der Waals surface area contributed by atoms with Crippen LogP contribution in [0.4, 0.5) is 11.4 Å². The van der Waals surface area contributed by atoms with Gasteiger partial charge in [0.1, 0.15) is 0 Å². The lowest BCUT2D eigenvalue weighted by Gasteiger charge is -2.12. The predicted molar refractivity (Wildman–Crippen MR) is 96.9 cm³/mol. The summed E-state index contributed by atoms with van der Waals surface area (Å²) in [5.41, 5.74) is 1.11. The Hall–Kier alpha value is -2.87. The van der Waals surface area contributed by atoms with Crippen LogP contribution in [-0.2, 0) is 4.79 Å². The summed E-state index contributed by atoms with van der Waals surface area (Å²) in [6.45, 7) is 1.75. The molecule has 0 aromatic heterocycles. The Morgan fingerprint density at radius 3 is 2.20 bits per heavy atom. The van der Waals surface area contributed by atoms with E-state index in [0.717, 1.165) is 4.90 Å². The molecule has 0 aliphatic rings. The average molecular weight is 359 g/mol. The highest BCUT2D eigenvalue weighted by Crippen LogP contribution is 2.26. The Kier molecular flexibility index (Phi) is 6.13. The lowest BCUT2D eigenvalue weighted by atomic mass is 10.2. The van der Waals surface area contributed by atoms with Crippen molar-refractivity contribution in [1.82, 2.24) is 5.32 Å². The van der Waals surface area contributed by atoms with Gasteiger partial charge in [-0.2, -0.15) is 0 Å². The minimum Gasteiger partial charge on any atom is -0.355 e. The molecule has 0 saturated carbocycles. The second kappa shape index (κ2) is 8.29. The number of hydrogen-bond donors (Lipinski definition) is 2. The average Bonchev–Trinajstić information content (AvgIpc) is 2.62. The van der Waals surface area contributed by atoms with Crippen molar-refractivity contribution in [2.45, 2.75) is 17.1 Å². The smallest absolute Gasteiger partial charge is 0.269 e. The van der Waals surface area contributed by atoms with Crippen molar-refractivity contribution < 1.29 is 14.5 Å². The second-order valence-corrected chi connectivity index (χ2v) is 6.57. The summed E-state index contributed by atoms with van der Waals surface area (Å²) >= 11 is 1.30. The molecule has 25 heavy (non-hydrogen) atoms. The minimum absolute atomic E-state index is 0.0117. The van der Waals surface area contributed by atoms with E-state index >= 15 is 0 Å². The predicted octanol–water partition coefficient (Wildman–Crippen LogP) is 3.07. The molecular weight excluding hydrogens is 342 g/mol. The molecule has 0 bridgehead atoms. The monoisotopic (exact) mass is 359 g/mol. The summed E-state index contributed by atoms with van der Waals surface area (Å²) in [5.74, 6) is -0.393. The zero-order valence-electron chi connectivity index (χ0n) is 13.7. The molecule has 1 unspecified atom stereocenters. The summed E-state index contributed by atoms with van der Waals surface area (Å²) < 4.78 is 0. The molecule has 1 atom stereocenters. The molecule has 2 amide bonds. The molecule has 0 aliphatic heterocycles. The second-order valence-electron chi connectivity index (χ2n) is 5.16. The number of thioether (sulfide) groups is 1. The molecule has 0 radical (unpaired) electrons. The zero-order valence-corrected chi connectivity index (χ0v) is 14.5. The normalized spacial score (nSPS) is 11.4. The summed E-state index contributed by atoms with van der Waals surface area (Å²) in [6, 6.07) is 12.6. The van der Waals surface area contributed by atoms with Crippen LogP contribution in [0.25, 0.3) is 0 Å². The molecule has 8 heteroatoms. The first-order valence-electron chi connectivity index (χ1n) is 7.45. The first-order chi connectivity index (χ1) is 11.9. The van der Waals surface area contributed by atoms with Crippen LogP contribution < -0.4 is 10.6 Å². The Labute approximate surface area is 149 Å². The fourth-order valence-corrected chi connectivity index (χ4v) is 2.86. The molecule has 2 N–H and O–H groups in total. The van der Waals surface area contributed by atoms with Crippen molar-refractivity contribution in [2.75, 3.05) is 12.4 Å². The van der Waals surface area contributed by atoms with Crippen molar-refractivity contribution in [2.24, 2.45) is 0 Å². The number of anilines is 1. The van der Waals surface area contributed by atoms with Crippen molar-refractivity contribution in [3.63, 3.8) is 0 Å². The minimum atomic E-state index is -0.465. The SMILES string of the molecule is CNC(=O)c1ccc(NC(=O)C(C)Sc2ccc([N+](=O)[O-])cc2)cc1. The number of amides is 2. The van der Waals surface area contributed by atoms with E-state index < -0.39 is 4.92 Å². The van der Waals surface area contributed by atoms with E-state index in [1.165, 1.54) is 23.9 Å². The van der Waals surface area contributed by atoms with Crippen LogP contribution in [0.15, 0.2) is 53.4 Å². The van der Waals surface area contributed by atoms with E-state index in [2.05, 4.69) is 10.6 Å². The fraction of sp³-hybridized carbons (Fsp3) is 0.176. The van der Waals surface area contributed by atoms with Gasteiger partial charge in [-0.05, 0) is 43.3 Å². The third-order valence-corrected chi connectivity index (χ3v) is 4.48. The van der Waals surface area contributed by atoms with Crippen molar-refractivity contribution >= 4 is 35.0 Å². The molecule has 2 rings (SSSR count). The number of nitro groups is 1. The van der Waals surface area contributed by atoms with Gasteiger partial charge < -0.3 is 10.6 Å². The number of hydrogen-bond acceptors (Lipinski definition) is 5. The summed E-state index contributed by atoms with van der Waals surface area (Å²) in [5, 5.41) is 15.6. The van der Waals surface area contributed by atoms with Gasteiger partial charge in [-0.25, -0.2) is 0 Å². The molecule has 2 aromatic carbocycles. The maximum absolute atomic E-state index is 12.2. The number of carbonyl (C=O) groups is 2. The van der Waals surface area contributed by atoms with E-state index in [0.29, 0.717) is 11.3 Å². The third-order valence-electron chi connectivity index (χ3n) is 3.37. The van der Waals surface area contributed by atoms with Crippen molar-refractivity contribution in [3.05, 3.63) is 64.2 Å². The topological polar surface area (TPSA) is 101 Å². The van der Waals surface area contributed by atoms with Gasteiger partial charge in [-0.1, -0.05) is 0 Å². The number of nitrogens with one attached hydrogen (secondary N) is 2. The number of nitro benzene ring substituents is 1. The van der Waals surface area contributed by atoms with Crippen LogP contribution in [0.1, 0.15) is 17.3 Å². The Balaban J connectivity index is 1.95. The molecule has 2 aromatic rings. The molecule has 0 spiro atoms. The van der Waals surface area contributed by atoms with Gasteiger partial charge >= 0.3 is 0 Å². The molecule has 0 aliphatic carbocycles.